The molecular weight excluding hydrogens is 346 g/mol. The van der Waals surface area contributed by atoms with Gasteiger partial charge in [0.15, 0.2) is 5.13 Å². The fourth-order valence-corrected chi connectivity index (χ4v) is 3.38. The Morgan fingerprint density at radius 2 is 2.00 bits per heavy atom. The van der Waals surface area contributed by atoms with Crippen molar-refractivity contribution in [1.82, 2.24) is 4.98 Å². The second kappa shape index (κ2) is 7.33. The van der Waals surface area contributed by atoms with E-state index >= 15 is 0 Å². The van der Waals surface area contributed by atoms with Crippen molar-refractivity contribution in [3.63, 3.8) is 0 Å². The van der Waals surface area contributed by atoms with Crippen LogP contribution in [0.1, 0.15) is 0 Å². The molecule has 0 atom stereocenters. The molecule has 0 spiro atoms. The summed E-state index contributed by atoms with van der Waals surface area (Å²) in [5.74, 6) is 1.40. The molecule has 124 valence electrons. The summed E-state index contributed by atoms with van der Waals surface area (Å²) < 4.78 is 10.6. The van der Waals surface area contributed by atoms with Gasteiger partial charge in [-0.15, -0.1) is 22.7 Å². The number of benzene rings is 1. The van der Waals surface area contributed by atoms with Gasteiger partial charge in [0.1, 0.15) is 11.5 Å². The van der Waals surface area contributed by atoms with E-state index in [4.69, 9.17) is 9.47 Å². The number of rotatable bonds is 5. The Hall–Kier alpha value is -2.58. The molecule has 0 aliphatic rings. The number of hydrogen-bond donors (Lipinski definition) is 2. The summed E-state index contributed by atoms with van der Waals surface area (Å²) in [5.41, 5.74) is 1.52. The van der Waals surface area contributed by atoms with Gasteiger partial charge >= 0.3 is 6.03 Å². The lowest BCUT2D eigenvalue weighted by Gasteiger charge is -2.08. The first-order valence-electron chi connectivity index (χ1n) is 6.99. The predicted octanol–water partition coefficient (Wildman–Crippen LogP) is 4.53. The lowest BCUT2D eigenvalue weighted by Crippen LogP contribution is -2.18. The summed E-state index contributed by atoms with van der Waals surface area (Å²) in [6.45, 7) is 0. The first-order valence-corrected chi connectivity index (χ1v) is 8.75. The quantitative estimate of drug-likeness (QED) is 0.700. The summed E-state index contributed by atoms with van der Waals surface area (Å²) in [6, 6.07) is 8.88. The van der Waals surface area contributed by atoms with Gasteiger partial charge in [0.05, 0.1) is 24.9 Å². The number of hydrogen-bond acceptors (Lipinski definition) is 6. The van der Waals surface area contributed by atoms with E-state index in [1.165, 1.54) is 22.7 Å². The third-order valence-electron chi connectivity index (χ3n) is 3.17. The molecule has 8 heteroatoms. The number of nitrogens with one attached hydrogen (secondary N) is 2. The normalized spacial score (nSPS) is 10.2. The Bertz CT molecular complexity index is 831. The van der Waals surface area contributed by atoms with Crippen LogP contribution >= 0.6 is 22.7 Å². The average Bonchev–Trinajstić information content (AvgIpc) is 3.26. The average molecular weight is 361 g/mol. The third kappa shape index (κ3) is 3.66. The lowest BCUT2D eigenvalue weighted by molar-refractivity contribution is 0.262. The lowest BCUT2D eigenvalue weighted by atomic mass is 10.1. The van der Waals surface area contributed by atoms with E-state index in [0.29, 0.717) is 22.3 Å². The van der Waals surface area contributed by atoms with Crippen molar-refractivity contribution < 1.29 is 14.3 Å². The summed E-state index contributed by atoms with van der Waals surface area (Å²) in [6.07, 6.45) is 0. The minimum Gasteiger partial charge on any atom is -0.497 e. The number of thiazole rings is 1. The second-order valence-corrected chi connectivity index (χ2v) is 6.47. The fraction of sp³-hybridized carbons (Fsp3) is 0.125. The molecule has 2 N–H and O–H groups in total. The molecule has 2 aromatic heterocycles. The highest BCUT2D eigenvalue weighted by molar-refractivity contribution is 7.14. The number of methoxy groups -OCH3 is 2. The molecule has 0 aliphatic heterocycles. The van der Waals surface area contributed by atoms with Crippen molar-refractivity contribution in [2.45, 2.75) is 0 Å². The van der Waals surface area contributed by atoms with Crippen molar-refractivity contribution in [1.29, 1.82) is 0 Å². The first-order chi connectivity index (χ1) is 11.7. The van der Waals surface area contributed by atoms with Crippen LogP contribution in [0.3, 0.4) is 0 Å². The van der Waals surface area contributed by atoms with Crippen LogP contribution in [0.25, 0.3) is 11.3 Å². The first kappa shape index (κ1) is 16.3. The van der Waals surface area contributed by atoms with Crippen LogP contribution in [0, 0.1) is 0 Å². The van der Waals surface area contributed by atoms with Gasteiger partial charge in [-0.3, -0.25) is 10.6 Å². The molecule has 0 saturated carbocycles. The topological polar surface area (TPSA) is 72.5 Å². The minimum atomic E-state index is -0.323. The van der Waals surface area contributed by atoms with E-state index in [1.807, 2.05) is 41.1 Å². The monoisotopic (exact) mass is 361 g/mol. The SMILES string of the molecule is COc1ccc(OC)c(-c2csc(NC(=O)Nc3cccs3)n2)c1. The fourth-order valence-electron chi connectivity index (χ4n) is 2.06. The molecule has 2 heterocycles. The molecule has 0 saturated heterocycles. The van der Waals surface area contributed by atoms with E-state index in [1.54, 1.807) is 14.2 Å². The number of ether oxygens (including phenoxy) is 2. The van der Waals surface area contributed by atoms with E-state index in [0.717, 1.165) is 10.6 Å². The number of amides is 2. The third-order valence-corrected chi connectivity index (χ3v) is 4.71. The van der Waals surface area contributed by atoms with Crippen molar-refractivity contribution in [2.75, 3.05) is 24.9 Å². The Morgan fingerprint density at radius 1 is 1.12 bits per heavy atom. The summed E-state index contributed by atoms with van der Waals surface area (Å²) >= 11 is 2.80. The Kier molecular flexibility index (Phi) is 4.97. The molecule has 3 aromatic rings. The molecule has 0 radical (unpaired) electrons. The molecule has 6 nitrogen and oxygen atoms in total. The Labute approximate surface area is 147 Å². The van der Waals surface area contributed by atoms with Gasteiger partial charge in [-0.25, -0.2) is 9.78 Å². The van der Waals surface area contributed by atoms with Crippen molar-refractivity contribution in [3.8, 4) is 22.8 Å². The molecule has 0 unspecified atom stereocenters. The van der Waals surface area contributed by atoms with E-state index in [9.17, 15) is 4.79 Å². The Morgan fingerprint density at radius 3 is 2.71 bits per heavy atom. The van der Waals surface area contributed by atoms with Crippen molar-refractivity contribution in [3.05, 3.63) is 41.1 Å². The second-order valence-electron chi connectivity index (χ2n) is 4.66. The van der Waals surface area contributed by atoms with Crippen molar-refractivity contribution in [2.24, 2.45) is 0 Å². The Balaban J connectivity index is 1.77. The maximum absolute atomic E-state index is 12.0. The van der Waals surface area contributed by atoms with Crippen LogP contribution in [-0.4, -0.2) is 25.2 Å². The van der Waals surface area contributed by atoms with Crippen LogP contribution in [0.5, 0.6) is 11.5 Å². The summed E-state index contributed by atoms with van der Waals surface area (Å²) in [4.78, 5) is 16.4. The van der Waals surface area contributed by atoms with Gasteiger partial charge in [-0.05, 0) is 35.7 Å². The molecule has 24 heavy (non-hydrogen) atoms. The van der Waals surface area contributed by atoms with Crippen LogP contribution in [0.2, 0.25) is 0 Å². The maximum atomic E-state index is 12.0. The minimum absolute atomic E-state index is 0.323. The molecule has 0 fully saturated rings. The highest BCUT2D eigenvalue weighted by Crippen LogP contribution is 2.35. The van der Waals surface area contributed by atoms with Gasteiger partial charge in [-0.1, -0.05) is 0 Å². The molecular formula is C16H15N3O3S2. The van der Waals surface area contributed by atoms with Crippen LogP contribution in [0.15, 0.2) is 41.1 Å². The van der Waals surface area contributed by atoms with Gasteiger partial charge in [0, 0.05) is 10.9 Å². The largest absolute Gasteiger partial charge is 0.497 e. The highest BCUT2D eigenvalue weighted by atomic mass is 32.1. The van der Waals surface area contributed by atoms with Crippen LogP contribution < -0.4 is 20.1 Å². The zero-order chi connectivity index (χ0) is 16.9. The van der Waals surface area contributed by atoms with E-state index < -0.39 is 0 Å². The summed E-state index contributed by atoms with van der Waals surface area (Å²) in [7, 11) is 3.21. The molecule has 1 aromatic carbocycles. The molecule has 0 aliphatic carbocycles. The molecule has 3 rings (SSSR count). The predicted molar refractivity (Wildman–Crippen MR) is 97.6 cm³/mol. The van der Waals surface area contributed by atoms with E-state index in [-0.39, 0.29) is 6.03 Å². The van der Waals surface area contributed by atoms with Gasteiger partial charge in [-0.2, -0.15) is 0 Å². The number of aromatic nitrogens is 1. The zero-order valence-corrected chi connectivity index (χ0v) is 14.7. The maximum Gasteiger partial charge on any atom is 0.326 e. The van der Waals surface area contributed by atoms with Crippen LogP contribution in [-0.2, 0) is 0 Å². The number of nitrogens with zero attached hydrogens (tertiary/aromatic N) is 1. The van der Waals surface area contributed by atoms with E-state index in [2.05, 4.69) is 15.6 Å². The smallest absolute Gasteiger partial charge is 0.326 e. The highest BCUT2D eigenvalue weighted by Gasteiger charge is 2.13. The molecule has 2 amide bonds. The number of carbonyl (C=O) groups is 1. The number of urea groups is 1. The van der Waals surface area contributed by atoms with Crippen LogP contribution in [0.4, 0.5) is 14.9 Å². The number of anilines is 2. The van der Waals surface area contributed by atoms with Crippen molar-refractivity contribution >= 4 is 38.8 Å². The molecule has 0 bridgehead atoms. The summed E-state index contributed by atoms with van der Waals surface area (Å²) in [5, 5.41) is 10.5. The standard InChI is InChI=1S/C16H15N3O3S2/c1-21-10-5-6-13(22-2)11(8-10)12-9-24-16(17-12)19-15(20)18-14-4-3-7-23-14/h3-9H,1-2H3,(H2,17,18,19,20). The zero-order valence-electron chi connectivity index (χ0n) is 13.0. The van der Waals surface area contributed by atoms with Gasteiger partial charge in [0.25, 0.3) is 0 Å². The number of thiophene rings is 1. The van der Waals surface area contributed by atoms with Gasteiger partial charge in [0.2, 0.25) is 0 Å². The van der Waals surface area contributed by atoms with Gasteiger partial charge < -0.3 is 9.47 Å². The number of carbonyl (C=O) groups excluding carboxylic acids is 1.